The molecule has 0 spiro atoms. The van der Waals surface area contributed by atoms with Crippen molar-refractivity contribution >= 4 is 17.9 Å². The number of carbonyl (C=O) groups excluding carboxylic acids is 2. The maximum absolute atomic E-state index is 11.7. The zero-order chi connectivity index (χ0) is 14.7. The van der Waals surface area contributed by atoms with E-state index in [2.05, 4.69) is 23.2 Å². The van der Waals surface area contributed by atoms with Gasteiger partial charge in [-0.1, -0.05) is 35.9 Å². The summed E-state index contributed by atoms with van der Waals surface area (Å²) < 4.78 is 0. The highest BCUT2D eigenvalue weighted by molar-refractivity contribution is 5.82. The van der Waals surface area contributed by atoms with Crippen LogP contribution in [0.25, 0.3) is 6.08 Å². The molecular formula is C18H19NO2. The Bertz CT molecular complexity index is 608. The predicted molar refractivity (Wildman–Crippen MR) is 81.6 cm³/mol. The molecule has 3 nitrogen and oxygen atoms in total. The molecule has 2 unspecified atom stereocenters. The van der Waals surface area contributed by atoms with E-state index in [0.29, 0.717) is 24.2 Å². The second kappa shape index (κ2) is 6.19. The topological polar surface area (TPSA) is 46.5 Å². The molecule has 2 aliphatic carbocycles. The van der Waals surface area contributed by atoms with Gasteiger partial charge >= 0.3 is 0 Å². The minimum absolute atomic E-state index is 0.424. The van der Waals surface area contributed by atoms with Crippen LogP contribution in [0, 0.1) is 11.8 Å². The summed E-state index contributed by atoms with van der Waals surface area (Å²) in [4.78, 5) is 25.5. The van der Waals surface area contributed by atoms with Crippen LogP contribution in [0.3, 0.4) is 0 Å². The van der Waals surface area contributed by atoms with Gasteiger partial charge in [0.1, 0.15) is 5.78 Å². The van der Waals surface area contributed by atoms with Crippen LogP contribution in [-0.4, -0.2) is 18.4 Å². The molecule has 0 saturated heterocycles. The molecule has 0 aromatic heterocycles. The van der Waals surface area contributed by atoms with Gasteiger partial charge in [-0.25, -0.2) is 9.79 Å². The van der Waals surface area contributed by atoms with Gasteiger partial charge in [0.25, 0.3) is 0 Å². The average Bonchev–Trinajstić information content (AvgIpc) is 2.72. The number of hydrogen-bond acceptors (Lipinski definition) is 3. The highest BCUT2D eigenvalue weighted by atomic mass is 16.1. The zero-order valence-electron chi connectivity index (χ0n) is 12.0. The van der Waals surface area contributed by atoms with Crippen molar-refractivity contribution in [1.82, 2.24) is 0 Å². The van der Waals surface area contributed by atoms with Gasteiger partial charge in [-0.3, -0.25) is 4.79 Å². The van der Waals surface area contributed by atoms with E-state index < -0.39 is 0 Å². The zero-order valence-corrected chi connectivity index (χ0v) is 12.0. The van der Waals surface area contributed by atoms with Crippen LogP contribution < -0.4 is 0 Å². The predicted octanol–water partition coefficient (Wildman–Crippen LogP) is 3.34. The van der Waals surface area contributed by atoms with Crippen molar-refractivity contribution in [2.75, 3.05) is 6.54 Å². The van der Waals surface area contributed by atoms with Crippen LogP contribution in [0.2, 0.25) is 0 Å². The number of isocyanates is 1. The normalized spacial score (nSPS) is 23.8. The van der Waals surface area contributed by atoms with Crippen LogP contribution in [0.15, 0.2) is 34.8 Å². The molecule has 0 N–H and O–H groups in total. The number of hydrogen-bond donors (Lipinski definition) is 0. The number of ketones is 1. The van der Waals surface area contributed by atoms with Crippen LogP contribution in [0.1, 0.15) is 36.8 Å². The van der Waals surface area contributed by atoms with Gasteiger partial charge in [0, 0.05) is 12.8 Å². The van der Waals surface area contributed by atoms with Gasteiger partial charge < -0.3 is 0 Å². The summed E-state index contributed by atoms with van der Waals surface area (Å²) in [6.45, 7) is 0.481. The van der Waals surface area contributed by atoms with Gasteiger partial charge in [-0.2, -0.15) is 0 Å². The Kier molecular flexibility index (Phi) is 4.12. The summed E-state index contributed by atoms with van der Waals surface area (Å²) in [6, 6.07) is 8.25. The number of carbonyl (C=O) groups is 1. The monoisotopic (exact) mass is 281 g/mol. The molecule has 2 bridgehead atoms. The van der Waals surface area contributed by atoms with E-state index in [0.717, 1.165) is 32.1 Å². The summed E-state index contributed by atoms with van der Waals surface area (Å²) in [5.74, 6) is 1.34. The first-order valence-corrected chi connectivity index (χ1v) is 7.62. The van der Waals surface area contributed by atoms with Crippen molar-refractivity contribution in [2.24, 2.45) is 16.8 Å². The third-order valence-electron chi connectivity index (χ3n) is 4.69. The molecule has 2 atom stereocenters. The van der Waals surface area contributed by atoms with E-state index in [9.17, 15) is 9.59 Å². The fourth-order valence-corrected chi connectivity index (χ4v) is 3.68. The Hall–Kier alpha value is -1.99. The number of aliphatic imine (C=N–C) groups is 1. The quantitative estimate of drug-likeness (QED) is 0.627. The number of fused-ring (bicyclic) bond motifs is 2. The summed E-state index contributed by atoms with van der Waals surface area (Å²) >= 11 is 0. The Morgan fingerprint density at radius 2 is 1.90 bits per heavy atom. The van der Waals surface area contributed by atoms with Crippen molar-refractivity contribution in [2.45, 2.75) is 32.1 Å². The van der Waals surface area contributed by atoms with E-state index >= 15 is 0 Å². The molecule has 2 aliphatic rings. The molecule has 21 heavy (non-hydrogen) atoms. The largest absolute Gasteiger partial charge is 0.300 e. The molecule has 2 saturated carbocycles. The minimum atomic E-state index is 0.424. The molecule has 1 aromatic rings. The number of Topliss-reactive ketones (excluding diaryl/α,β-unsaturated/α-hetero) is 1. The van der Waals surface area contributed by atoms with Gasteiger partial charge in [0.05, 0.1) is 6.54 Å². The average molecular weight is 281 g/mol. The summed E-state index contributed by atoms with van der Waals surface area (Å²) in [7, 11) is 0. The first kappa shape index (κ1) is 14.0. The molecule has 0 radical (unpaired) electrons. The smallest absolute Gasteiger partial charge is 0.234 e. The van der Waals surface area contributed by atoms with E-state index in [-0.39, 0.29) is 0 Å². The van der Waals surface area contributed by atoms with Crippen molar-refractivity contribution in [1.29, 1.82) is 0 Å². The van der Waals surface area contributed by atoms with Crippen molar-refractivity contribution in [3.8, 4) is 0 Å². The highest BCUT2D eigenvalue weighted by Gasteiger charge is 2.37. The van der Waals surface area contributed by atoms with E-state index in [4.69, 9.17) is 0 Å². The first-order valence-electron chi connectivity index (χ1n) is 7.62. The van der Waals surface area contributed by atoms with Crippen LogP contribution >= 0.6 is 0 Å². The lowest BCUT2D eigenvalue weighted by Gasteiger charge is -2.22. The van der Waals surface area contributed by atoms with Gasteiger partial charge in [0.15, 0.2) is 0 Å². The third-order valence-corrected chi connectivity index (χ3v) is 4.69. The van der Waals surface area contributed by atoms with Crippen molar-refractivity contribution in [3.05, 3.63) is 41.0 Å². The maximum Gasteiger partial charge on any atom is 0.234 e. The SMILES string of the molecule is O=C=NCCc1ccccc1C=C1C2CCC1CC(=O)C2. The van der Waals surface area contributed by atoms with E-state index in [1.54, 1.807) is 6.08 Å². The molecule has 2 fully saturated rings. The highest BCUT2D eigenvalue weighted by Crippen LogP contribution is 2.46. The molecule has 3 heteroatoms. The van der Waals surface area contributed by atoms with Crippen LogP contribution in [0.4, 0.5) is 0 Å². The van der Waals surface area contributed by atoms with Gasteiger partial charge in [-0.05, 0) is 42.2 Å². The van der Waals surface area contributed by atoms with E-state index in [1.165, 1.54) is 16.7 Å². The lowest BCUT2D eigenvalue weighted by molar-refractivity contribution is -0.120. The standard InChI is InChI=1S/C18H19NO2/c20-12-19-8-7-13-3-1-2-4-14(13)11-18-15-5-6-16(18)10-17(21)9-15/h1-4,11,15-16H,5-10H2. The molecule has 1 aromatic carbocycles. The fourth-order valence-electron chi connectivity index (χ4n) is 3.68. The first-order chi connectivity index (χ1) is 10.3. The molecule has 0 aliphatic heterocycles. The maximum atomic E-state index is 11.7. The van der Waals surface area contributed by atoms with Gasteiger partial charge in [0.2, 0.25) is 6.08 Å². The molecule has 0 heterocycles. The summed E-state index contributed by atoms with van der Waals surface area (Å²) in [5.41, 5.74) is 3.88. The second-order valence-corrected chi connectivity index (χ2v) is 5.98. The van der Waals surface area contributed by atoms with Crippen molar-refractivity contribution in [3.63, 3.8) is 0 Å². The van der Waals surface area contributed by atoms with Crippen LogP contribution in [-0.2, 0) is 16.0 Å². The number of nitrogens with zero attached hydrogens (tertiary/aromatic N) is 1. The second-order valence-electron chi connectivity index (χ2n) is 5.98. The van der Waals surface area contributed by atoms with E-state index in [1.807, 2.05) is 12.1 Å². The third kappa shape index (κ3) is 3.03. The summed E-state index contributed by atoms with van der Waals surface area (Å²) in [6.07, 6.45) is 8.38. The number of allylic oxidation sites excluding steroid dienone is 1. The lowest BCUT2D eigenvalue weighted by Crippen LogP contribution is -2.18. The van der Waals surface area contributed by atoms with Crippen LogP contribution in [0.5, 0.6) is 0 Å². The molecule has 108 valence electrons. The fraction of sp³-hybridized carbons (Fsp3) is 0.444. The minimum Gasteiger partial charge on any atom is -0.300 e. The van der Waals surface area contributed by atoms with Crippen molar-refractivity contribution < 1.29 is 9.59 Å². The lowest BCUT2D eigenvalue weighted by atomic mass is 9.81. The Balaban J connectivity index is 1.86. The molecule has 3 rings (SSSR count). The Morgan fingerprint density at radius 1 is 1.19 bits per heavy atom. The molecule has 0 amide bonds. The number of rotatable bonds is 4. The number of benzene rings is 1. The summed E-state index contributed by atoms with van der Waals surface area (Å²) in [5, 5.41) is 0. The Morgan fingerprint density at radius 3 is 2.62 bits per heavy atom. The Labute approximate surface area is 124 Å². The van der Waals surface area contributed by atoms with Gasteiger partial charge in [-0.15, -0.1) is 0 Å². The molecular weight excluding hydrogens is 262 g/mol.